The number of carbonyl (C=O) groups is 1. The van der Waals surface area contributed by atoms with E-state index >= 15 is 0 Å². The average Bonchev–Trinajstić information content (AvgIpc) is 2.74. The first kappa shape index (κ1) is 18.9. The van der Waals surface area contributed by atoms with Gasteiger partial charge in [-0.2, -0.15) is 5.26 Å². The lowest BCUT2D eigenvalue weighted by atomic mass is 10.0. The molecule has 0 aliphatic rings. The van der Waals surface area contributed by atoms with Crippen LogP contribution < -0.4 is 10.1 Å². The quantitative estimate of drug-likeness (QED) is 0.474. The number of anilines is 1. The van der Waals surface area contributed by atoms with Crippen LogP contribution in [0.4, 0.5) is 5.69 Å². The third-order valence-electron chi connectivity index (χ3n) is 4.13. The van der Waals surface area contributed by atoms with Crippen LogP contribution in [0.1, 0.15) is 12.5 Å². The molecule has 0 fully saturated rings. The molecule has 1 amide bonds. The van der Waals surface area contributed by atoms with E-state index < -0.39 is 5.91 Å². The summed E-state index contributed by atoms with van der Waals surface area (Å²) in [5.74, 6) is 0.102. The number of nitrogens with zero attached hydrogens (tertiary/aromatic N) is 1. The fourth-order valence-corrected chi connectivity index (χ4v) is 2.76. The Bertz CT molecular complexity index is 1020. The molecule has 28 heavy (non-hydrogen) atoms. The van der Waals surface area contributed by atoms with E-state index in [2.05, 4.69) is 5.32 Å². The molecule has 0 aliphatic heterocycles. The Balaban J connectivity index is 1.78. The van der Waals surface area contributed by atoms with Crippen LogP contribution in [0.5, 0.6) is 5.75 Å². The first-order chi connectivity index (χ1) is 13.7. The van der Waals surface area contributed by atoms with Gasteiger partial charge in [0.2, 0.25) is 0 Å². The van der Waals surface area contributed by atoms with E-state index in [-0.39, 0.29) is 5.57 Å². The molecule has 0 bridgehead atoms. The number of rotatable bonds is 6. The Labute approximate surface area is 164 Å². The molecule has 138 valence electrons. The maximum atomic E-state index is 12.5. The second-order valence-electron chi connectivity index (χ2n) is 6.04. The summed E-state index contributed by atoms with van der Waals surface area (Å²) in [4.78, 5) is 12.5. The zero-order valence-corrected chi connectivity index (χ0v) is 15.6. The highest BCUT2D eigenvalue weighted by atomic mass is 16.5. The number of ether oxygens (including phenoxy) is 1. The molecule has 0 saturated carbocycles. The topological polar surface area (TPSA) is 62.1 Å². The maximum absolute atomic E-state index is 12.5. The Morgan fingerprint density at radius 1 is 0.964 bits per heavy atom. The molecule has 0 saturated heterocycles. The summed E-state index contributed by atoms with van der Waals surface area (Å²) >= 11 is 0. The van der Waals surface area contributed by atoms with E-state index in [4.69, 9.17) is 4.74 Å². The predicted octanol–water partition coefficient (Wildman–Crippen LogP) is 5.30. The van der Waals surface area contributed by atoms with Crippen LogP contribution in [-0.4, -0.2) is 12.5 Å². The third-order valence-corrected chi connectivity index (χ3v) is 4.13. The predicted molar refractivity (Wildman–Crippen MR) is 112 cm³/mol. The maximum Gasteiger partial charge on any atom is 0.266 e. The summed E-state index contributed by atoms with van der Waals surface area (Å²) in [7, 11) is 0. The largest absolute Gasteiger partial charge is 0.492 e. The Morgan fingerprint density at radius 3 is 2.29 bits per heavy atom. The molecular formula is C24H20N2O2. The van der Waals surface area contributed by atoms with Crippen LogP contribution in [0.3, 0.4) is 0 Å². The molecule has 0 unspecified atom stereocenters. The lowest BCUT2D eigenvalue weighted by Crippen LogP contribution is -2.14. The number of carbonyl (C=O) groups excluding carboxylic acids is 1. The van der Waals surface area contributed by atoms with Crippen molar-refractivity contribution in [1.29, 1.82) is 5.26 Å². The van der Waals surface area contributed by atoms with Gasteiger partial charge in [0.25, 0.3) is 5.91 Å². The van der Waals surface area contributed by atoms with E-state index in [1.54, 1.807) is 24.3 Å². The lowest BCUT2D eigenvalue weighted by Gasteiger charge is -2.10. The van der Waals surface area contributed by atoms with E-state index in [1.807, 2.05) is 73.7 Å². The van der Waals surface area contributed by atoms with Crippen molar-refractivity contribution in [3.05, 3.63) is 90.0 Å². The number of hydrogen-bond donors (Lipinski definition) is 1. The molecule has 3 aromatic carbocycles. The van der Waals surface area contributed by atoms with Crippen LogP contribution in [0, 0.1) is 11.3 Å². The molecule has 0 aliphatic carbocycles. The summed E-state index contributed by atoms with van der Waals surface area (Å²) < 4.78 is 5.51. The van der Waals surface area contributed by atoms with Gasteiger partial charge in [-0.05, 0) is 41.8 Å². The van der Waals surface area contributed by atoms with Crippen molar-refractivity contribution in [3.63, 3.8) is 0 Å². The van der Waals surface area contributed by atoms with Gasteiger partial charge in [0.05, 0.1) is 12.3 Å². The highest BCUT2D eigenvalue weighted by molar-refractivity contribution is 6.10. The number of nitriles is 1. The van der Waals surface area contributed by atoms with Crippen molar-refractivity contribution in [1.82, 2.24) is 0 Å². The molecule has 4 nitrogen and oxygen atoms in total. The number of para-hydroxylation sites is 2. The van der Waals surface area contributed by atoms with Gasteiger partial charge in [0, 0.05) is 0 Å². The van der Waals surface area contributed by atoms with Crippen LogP contribution in [0.15, 0.2) is 84.4 Å². The first-order valence-corrected chi connectivity index (χ1v) is 9.01. The molecule has 0 atom stereocenters. The highest BCUT2D eigenvalue weighted by Crippen LogP contribution is 2.25. The van der Waals surface area contributed by atoms with Gasteiger partial charge in [-0.15, -0.1) is 0 Å². The van der Waals surface area contributed by atoms with Gasteiger partial charge in [0.1, 0.15) is 17.4 Å². The molecule has 0 radical (unpaired) electrons. The second-order valence-corrected chi connectivity index (χ2v) is 6.04. The van der Waals surface area contributed by atoms with Gasteiger partial charge in [-0.25, -0.2) is 0 Å². The van der Waals surface area contributed by atoms with Crippen LogP contribution >= 0.6 is 0 Å². The smallest absolute Gasteiger partial charge is 0.266 e. The number of nitrogens with one attached hydrogen (secondary N) is 1. The van der Waals surface area contributed by atoms with Crippen LogP contribution in [0.2, 0.25) is 0 Å². The number of benzene rings is 3. The van der Waals surface area contributed by atoms with Gasteiger partial charge in [-0.1, -0.05) is 66.7 Å². The van der Waals surface area contributed by atoms with Crippen molar-refractivity contribution >= 4 is 17.7 Å². The third kappa shape index (κ3) is 4.66. The van der Waals surface area contributed by atoms with Crippen molar-refractivity contribution < 1.29 is 9.53 Å². The molecule has 0 heterocycles. The van der Waals surface area contributed by atoms with Gasteiger partial charge >= 0.3 is 0 Å². The van der Waals surface area contributed by atoms with Crippen molar-refractivity contribution in [3.8, 4) is 22.9 Å². The minimum Gasteiger partial charge on any atom is -0.492 e. The Morgan fingerprint density at radius 2 is 1.61 bits per heavy atom. The van der Waals surface area contributed by atoms with Crippen molar-refractivity contribution in [2.75, 3.05) is 11.9 Å². The molecule has 1 N–H and O–H groups in total. The lowest BCUT2D eigenvalue weighted by molar-refractivity contribution is -0.112. The summed E-state index contributed by atoms with van der Waals surface area (Å²) in [6.07, 6.45) is 1.58. The second kappa shape index (κ2) is 9.20. The summed E-state index contributed by atoms with van der Waals surface area (Å²) in [5, 5.41) is 12.2. The van der Waals surface area contributed by atoms with Crippen LogP contribution in [-0.2, 0) is 4.79 Å². The Kier molecular flexibility index (Phi) is 6.22. The molecule has 3 aromatic rings. The minimum absolute atomic E-state index is 0.0266. The van der Waals surface area contributed by atoms with E-state index in [1.165, 1.54) is 0 Å². The van der Waals surface area contributed by atoms with E-state index in [9.17, 15) is 10.1 Å². The molecule has 0 spiro atoms. The SMILES string of the molecule is CCOc1ccccc1NC(=O)C(C#N)=Cc1ccc(-c2ccccc2)cc1. The fraction of sp³-hybridized carbons (Fsp3) is 0.0833. The standard InChI is InChI=1S/C24H20N2O2/c1-2-28-23-11-7-6-10-22(23)26-24(27)21(17-25)16-18-12-14-20(15-13-18)19-8-4-3-5-9-19/h3-16H,2H2,1H3,(H,26,27). The molecule has 3 rings (SSSR count). The minimum atomic E-state index is -0.471. The number of amides is 1. The molecular weight excluding hydrogens is 348 g/mol. The average molecular weight is 368 g/mol. The summed E-state index contributed by atoms with van der Waals surface area (Å²) in [5.41, 5.74) is 3.54. The highest BCUT2D eigenvalue weighted by Gasteiger charge is 2.12. The summed E-state index contributed by atoms with van der Waals surface area (Å²) in [6.45, 7) is 2.36. The van der Waals surface area contributed by atoms with Gasteiger partial charge in [-0.3, -0.25) is 4.79 Å². The summed E-state index contributed by atoms with van der Waals surface area (Å²) in [6, 6.07) is 26.9. The molecule has 0 aromatic heterocycles. The first-order valence-electron chi connectivity index (χ1n) is 9.01. The fourth-order valence-electron chi connectivity index (χ4n) is 2.76. The van der Waals surface area contributed by atoms with E-state index in [0.29, 0.717) is 18.0 Å². The zero-order valence-electron chi connectivity index (χ0n) is 15.6. The molecule has 4 heteroatoms. The van der Waals surface area contributed by atoms with E-state index in [0.717, 1.165) is 16.7 Å². The van der Waals surface area contributed by atoms with Gasteiger partial charge in [0.15, 0.2) is 0 Å². The Hall–Kier alpha value is -3.84. The zero-order chi connectivity index (χ0) is 19.8. The normalized spacial score (nSPS) is 10.8. The van der Waals surface area contributed by atoms with Gasteiger partial charge < -0.3 is 10.1 Å². The van der Waals surface area contributed by atoms with Crippen molar-refractivity contribution in [2.24, 2.45) is 0 Å². The van der Waals surface area contributed by atoms with Crippen LogP contribution in [0.25, 0.3) is 17.2 Å². The number of hydrogen-bond acceptors (Lipinski definition) is 3. The van der Waals surface area contributed by atoms with Crippen molar-refractivity contribution in [2.45, 2.75) is 6.92 Å². The monoisotopic (exact) mass is 368 g/mol.